The summed E-state index contributed by atoms with van der Waals surface area (Å²) in [5, 5.41) is 8.37. The quantitative estimate of drug-likeness (QED) is 0.791. The van der Waals surface area contributed by atoms with Gasteiger partial charge in [-0.1, -0.05) is 11.6 Å². The lowest BCUT2D eigenvalue weighted by atomic mass is 10.1. The Bertz CT molecular complexity index is 353. The SMILES string of the molecule is C=C.O=C(O)c1ccc(Cl)c(C(F)F)c1. The zero-order valence-electron chi connectivity index (χ0n) is 7.71. The summed E-state index contributed by atoms with van der Waals surface area (Å²) in [5.41, 5.74) is -0.652. The average molecular weight is 235 g/mol. The van der Waals surface area contributed by atoms with Crippen molar-refractivity contribution in [2.75, 3.05) is 0 Å². The van der Waals surface area contributed by atoms with Crippen LogP contribution in [0.25, 0.3) is 0 Å². The molecule has 2 nitrogen and oxygen atoms in total. The van der Waals surface area contributed by atoms with Gasteiger partial charge in [0, 0.05) is 10.6 Å². The van der Waals surface area contributed by atoms with Gasteiger partial charge in [0.05, 0.1) is 5.56 Å². The molecule has 0 unspecified atom stereocenters. The van der Waals surface area contributed by atoms with Crippen LogP contribution in [-0.4, -0.2) is 11.1 Å². The first-order valence-electron chi connectivity index (χ1n) is 3.83. The average Bonchev–Trinajstić information content (AvgIpc) is 2.20. The second-order valence-electron chi connectivity index (χ2n) is 2.34. The standard InChI is InChI=1S/C8H5ClF2O2.C2H4/c9-6-2-1-4(8(12)13)3-5(6)7(10)11;1-2/h1-3,7H,(H,12,13);1-2H2. The fourth-order valence-corrected chi connectivity index (χ4v) is 1.04. The highest BCUT2D eigenvalue weighted by Crippen LogP contribution is 2.27. The van der Waals surface area contributed by atoms with E-state index in [0.717, 1.165) is 12.1 Å². The maximum absolute atomic E-state index is 12.2. The van der Waals surface area contributed by atoms with Gasteiger partial charge in [0.15, 0.2) is 0 Å². The van der Waals surface area contributed by atoms with Gasteiger partial charge in [-0.2, -0.15) is 0 Å². The van der Waals surface area contributed by atoms with Crippen LogP contribution in [0, 0.1) is 0 Å². The summed E-state index contributed by atoms with van der Waals surface area (Å²) in [7, 11) is 0. The van der Waals surface area contributed by atoms with Crippen molar-refractivity contribution in [1.82, 2.24) is 0 Å². The van der Waals surface area contributed by atoms with Gasteiger partial charge in [0.25, 0.3) is 6.43 Å². The summed E-state index contributed by atoms with van der Waals surface area (Å²) < 4.78 is 24.4. The number of halogens is 3. The molecule has 0 heterocycles. The van der Waals surface area contributed by atoms with Gasteiger partial charge in [-0.05, 0) is 18.2 Å². The van der Waals surface area contributed by atoms with Crippen molar-refractivity contribution >= 4 is 17.6 Å². The number of hydrogen-bond acceptors (Lipinski definition) is 1. The molecule has 0 aliphatic rings. The summed E-state index contributed by atoms with van der Waals surface area (Å²) >= 11 is 5.42. The Hall–Kier alpha value is -1.42. The summed E-state index contributed by atoms with van der Waals surface area (Å²) in [6, 6.07) is 3.19. The molecule has 0 radical (unpaired) electrons. The minimum atomic E-state index is -2.76. The Morgan fingerprint density at radius 3 is 2.33 bits per heavy atom. The number of hydrogen-bond donors (Lipinski definition) is 1. The number of carbonyl (C=O) groups is 1. The summed E-state index contributed by atoms with van der Waals surface area (Å²) in [5.74, 6) is -1.25. The minimum absolute atomic E-state index is 0.125. The highest BCUT2D eigenvalue weighted by molar-refractivity contribution is 6.31. The molecule has 0 saturated carbocycles. The summed E-state index contributed by atoms with van der Waals surface area (Å²) in [6.45, 7) is 6.00. The predicted octanol–water partition coefficient (Wildman–Crippen LogP) is 3.78. The second kappa shape index (κ2) is 6.14. The highest BCUT2D eigenvalue weighted by Gasteiger charge is 2.14. The van der Waals surface area contributed by atoms with Gasteiger partial charge >= 0.3 is 5.97 Å². The van der Waals surface area contributed by atoms with E-state index in [2.05, 4.69) is 13.2 Å². The molecule has 15 heavy (non-hydrogen) atoms. The Morgan fingerprint density at radius 1 is 1.40 bits per heavy atom. The van der Waals surface area contributed by atoms with Crippen LogP contribution in [0.15, 0.2) is 31.4 Å². The number of rotatable bonds is 2. The van der Waals surface area contributed by atoms with Crippen molar-refractivity contribution in [3.63, 3.8) is 0 Å². The molecule has 0 amide bonds. The van der Waals surface area contributed by atoms with Crippen LogP contribution < -0.4 is 0 Å². The predicted molar refractivity (Wildman–Crippen MR) is 54.6 cm³/mol. The van der Waals surface area contributed by atoms with E-state index in [9.17, 15) is 13.6 Å². The maximum Gasteiger partial charge on any atom is 0.335 e. The molecule has 0 bridgehead atoms. The van der Waals surface area contributed by atoms with E-state index in [1.807, 2.05) is 0 Å². The Morgan fingerprint density at radius 2 is 1.93 bits per heavy atom. The van der Waals surface area contributed by atoms with Gasteiger partial charge in [-0.15, -0.1) is 13.2 Å². The Labute approximate surface area is 90.8 Å². The van der Waals surface area contributed by atoms with Crippen LogP contribution in [0.2, 0.25) is 5.02 Å². The minimum Gasteiger partial charge on any atom is -0.478 e. The van der Waals surface area contributed by atoms with Crippen molar-refractivity contribution in [3.8, 4) is 0 Å². The van der Waals surface area contributed by atoms with Crippen molar-refractivity contribution in [3.05, 3.63) is 47.5 Å². The van der Waals surface area contributed by atoms with Crippen LogP contribution >= 0.6 is 11.6 Å². The Kier molecular flexibility index (Phi) is 5.56. The van der Waals surface area contributed by atoms with Crippen molar-refractivity contribution in [2.24, 2.45) is 0 Å². The maximum atomic E-state index is 12.2. The van der Waals surface area contributed by atoms with Gasteiger partial charge in [0.1, 0.15) is 0 Å². The fourth-order valence-electron chi connectivity index (χ4n) is 0.844. The number of carboxylic acid groups (broad SMARTS) is 1. The number of aromatic carboxylic acids is 1. The lowest BCUT2D eigenvalue weighted by molar-refractivity contribution is 0.0696. The molecule has 82 valence electrons. The molecule has 0 spiro atoms. The van der Waals surface area contributed by atoms with Gasteiger partial charge in [-0.3, -0.25) is 0 Å². The molecule has 1 N–H and O–H groups in total. The molecule has 1 aromatic rings. The van der Waals surface area contributed by atoms with E-state index >= 15 is 0 Å². The van der Waals surface area contributed by atoms with E-state index in [-0.39, 0.29) is 10.6 Å². The molecule has 0 aliphatic heterocycles. The number of alkyl halides is 2. The monoisotopic (exact) mass is 234 g/mol. The van der Waals surface area contributed by atoms with E-state index in [4.69, 9.17) is 16.7 Å². The molecule has 0 saturated heterocycles. The number of carboxylic acids is 1. The van der Waals surface area contributed by atoms with Gasteiger partial charge in [0.2, 0.25) is 0 Å². The van der Waals surface area contributed by atoms with Crippen molar-refractivity contribution in [2.45, 2.75) is 6.43 Å². The zero-order valence-corrected chi connectivity index (χ0v) is 8.47. The normalized spacial score (nSPS) is 9.33. The first-order chi connectivity index (χ1) is 7.02. The van der Waals surface area contributed by atoms with E-state index in [1.54, 1.807) is 0 Å². The largest absolute Gasteiger partial charge is 0.478 e. The highest BCUT2D eigenvalue weighted by atomic mass is 35.5. The first kappa shape index (κ1) is 13.6. The second-order valence-corrected chi connectivity index (χ2v) is 2.75. The molecule has 0 aliphatic carbocycles. The molecule has 0 atom stereocenters. The van der Waals surface area contributed by atoms with Crippen LogP contribution in [-0.2, 0) is 0 Å². The van der Waals surface area contributed by atoms with E-state index in [0.29, 0.717) is 0 Å². The lowest BCUT2D eigenvalue weighted by Gasteiger charge is -2.03. The third-order valence-corrected chi connectivity index (χ3v) is 1.82. The molecule has 5 heteroatoms. The molecule has 1 aromatic carbocycles. The fraction of sp³-hybridized carbons (Fsp3) is 0.100. The zero-order chi connectivity index (χ0) is 12.0. The van der Waals surface area contributed by atoms with Crippen molar-refractivity contribution in [1.29, 1.82) is 0 Å². The Balaban J connectivity index is 0.000000921. The van der Waals surface area contributed by atoms with Crippen LogP contribution in [0.1, 0.15) is 22.3 Å². The van der Waals surface area contributed by atoms with Crippen molar-refractivity contribution < 1.29 is 18.7 Å². The lowest BCUT2D eigenvalue weighted by Crippen LogP contribution is -1.98. The van der Waals surface area contributed by atoms with Crippen LogP contribution in [0.5, 0.6) is 0 Å². The van der Waals surface area contributed by atoms with Crippen LogP contribution in [0.4, 0.5) is 8.78 Å². The summed E-state index contributed by atoms with van der Waals surface area (Å²) in [6.07, 6.45) is -2.76. The molecule has 0 fully saturated rings. The smallest absolute Gasteiger partial charge is 0.335 e. The first-order valence-corrected chi connectivity index (χ1v) is 4.21. The molecular formula is C10H9ClF2O2. The summed E-state index contributed by atoms with van der Waals surface area (Å²) in [4.78, 5) is 10.4. The molecule has 1 rings (SSSR count). The van der Waals surface area contributed by atoms with Gasteiger partial charge < -0.3 is 5.11 Å². The molecular weight excluding hydrogens is 226 g/mol. The molecule has 0 aromatic heterocycles. The van der Waals surface area contributed by atoms with E-state index in [1.165, 1.54) is 6.07 Å². The van der Waals surface area contributed by atoms with E-state index < -0.39 is 18.0 Å². The third-order valence-electron chi connectivity index (χ3n) is 1.48. The van der Waals surface area contributed by atoms with Crippen LogP contribution in [0.3, 0.4) is 0 Å². The third kappa shape index (κ3) is 3.67. The van der Waals surface area contributed by atoms with Gasteiger partial charge in [-0.25, -0.2) is 13.6 Å². The number of benzene rings is 1. The topological polar surface area (TPSA) is 37.3 Å².